The van der Waals surface area contributed by atoms with Crippen molar-refractivity contribution in [3.05, 3.63) is 53.2 Å². The van der Waals surface area contributed by atoms with Crippen molar-refractivity contribution in [3.8, 4) is 0 Å². The summed E-state index contributed by atoms with van der Waals surface area (Å²) < 4.78 is 30.1. The molecule has 0 radical (unpaired) electrons. The van der Waals surface area contributed by atoms with Gasteiger partial charge in [-0.25, -0.2) is 18.2 Å². The molecule has 162 valence electrons. The first-order chi connectivity index (χ1) is 14.4. The topological polar surface area (TPSA) is 79.8 Å². The Kier molecular flexibility index (Phi) is 7.69. The zero-order valence-corrected chi connectivity index (χ0v) is 18.5. The second-order valence-corrected chi connectivity index (χ2v) is 9.63. The second kappa shape index (κ2) is 10.2. The second-order valence-electron chi connectivity index (χ2n) is 7.08. The number of sulfone groups is 1. The highest BCUT2D eigenvalue weighted by Gasteiger charge is 2.20. The summed E-state index contributed by atoms with van der Waals surface area (Å²) in [6, 6.07) is 9.84. The standard InChI is InChI=1S/C21H26ClN3O4S/c1-2-29-21(26)17-4-9-20(23-16-17)25-11-3-10-24(12-13-25)14-15-30(27,28)19-7-5-18(22)6-8-19/h4-9,16H,2-3,10-15H2,1H3. The summed E-state index contributed by atoms with van der Waals surface area (Å²) in [5.74, 6) is 0.500. The maximum absolute atomic E-state index is 12.6. The van der Waals surface area contributed by atoms with Crippen molar-refractivity contribution < 1.29 is 17.9 Å². The molecule has 3 rings (SSSR count). The zero-order chi connectivity index (χ0) is 21.6. The highest BCUT2D eigenvalue weighted by Crippen LogP contribution is 2.17. The van der Waals surface area contributed by atoms with E-state index in [0.717, 1.165) is 38.4 Å². The van der Waals surface area contributed by atoms with E-state index in [0.29, 0.717) is 28.6 Å². The highest BCUT2D eigenvalue weighted by molar-refractivity contribution is 7.91. The molecule has 7 nitrogen and oxygen atoms in total. The van der Waals surface area contributed by atoms with Crippen LogP contribution in [-0.4, -0.2) is 69.4 Å². The van der Waals surface area contributed by atoms with E-state index in [2.05, 4.69) is 14.8 Å². The molecule has 0 N–H and O–H groups in total. The van der Waals surface area contributed by atoms with Crippen LogP contribution in [0.2, 0.25) is 5.02 Å². The third-order valence-electron chi connectivity index (χ3n) is 5.02. The molecular weight excluding hydrogens is 426 g/mol. The van der Waals surface area contributed by atoms with Crippen molar-refractivity contribution in [2.75, 3.05) is 50.0 Å². The predicted molar refractivity (Wildman–Crippen MR) is 117 cm³/mol. The summed E-state index contributed by atoms with van der Waals surface area (Å²) in [6.45, 7) is 5.72. The van der Waals surface area contributed by atoms with Crippen molar-refractivity contribution in [2.24, 2.45) is 0 Å². The van der Waals surface area contributed by atoms with E-state index in [1.165, 1.54) is 6.20 Å². The quantitative estimate of drug-likeness (QED) is 0.599. The minimum absolute atomic E-state index is 0.0706. The van der Waals surface area contributed by atoms with Crippen molar-refractivity contribution in [1.29, 1.82) is 0 Å². The normalized spacial score (nSPS) is 15.6. The summed E-state index contributed by atoms with van der Waals surface area (Å²) >= 11 is 5.85. The largest absolute Gasteiger partial charge is 0.462 e. The van der Waals surface area contributed by atoms with Gasteiger partial charge in [0, 0.05) is 37.4 Å². The van der Waals surface area contributed by atoms with Crippen LogP contribution in [0.1, 0.15) is 23.7 Å². The van der Waals surface area contributed by atoms with Crippen molar-refractivity contribution in [3.63, 3.8) is 0 Å². The lowest BCUT2D eigenvalue weighted by Gasteiger charge is -2.22. The Bertz CT molecular complexity index is 949. The molecule has 2 heterocycles. The van der Waals surface area contributed by atoms with Crippen molar-refractivity contribution in [1.82, 2.24) is 9.88 Å². The summed E-state index contributed by atoms with van der Waals surface area (Å²) in [5.41, 5.74) is 0.435. The Hall–Kier alpha value is -2.16. The fourth-order valence-corrected chi connectivity index (χ4v) is 4.75. The Morgan fingerprint density at radius 3 is 2.53 bits per heavy atom. The SMILES string of the molecule is CCOC(=O)c1ccc(N2CCCN(CCS(=O)(=O)c3ccc(Cl)cc3)CC2)nc1. The molecule has 30 heavy (non-hydrogen) atoms. The smallest absolute Gasteiger partial charge is 0.339 e. The number of pyridine rings is 1. The van der Waals surface area contributed by atoms with Gasteiger partial charge in [-0.05, 0) is 56.3 Å². The van der Waals surface area contributed by atoms with Crippen LogP contribution in [0.15, 0.2) is 47.5 Å². The molecule has 0 amide bonds. The van der Waals surface area contributed by atoms with Crippen molar-refractivity contribution in [2.45, 2.75) is 18.2 Å². The third kappa shape index (κ3) is 5.93. The van der Waals surface area contributed by atoms with Gasteiger partial charge in [-0.2, -0.15) is 0 Å². The monoisotopic (exact) mass is 451 g/mol. The van der Waals surface area contributed by atoms with Gasteiger partial charge in [-0.1, -0.05) is 11.6 Å². The zero-order valence-electron chi connectivity index (χ0n) is 17.0. The van der Waals surface area contributed by atoms with E-state index in [9.17, 15) is 13.2 Å². The number of benzene rings is 1. The number of anilines is 1. The molecule has 1 saturated heterocycles. The molecule has 2 aromatic rings. The lowest BCUT2D eigenvalue weighted by molar-refractivity contribution is 0.0526. The van der Waals surface area contributed by atoms with Gasteiger partial charge in [-0.3, -0.25) is 0 Å². The number of carbonyl (C=O) groups excluding carboxylic acids is 1. The van der Waals surface area contributed by atoms with E-state index >= 15 is 0 Å². The molecule has 1 fully saturated rings. The van der Waals surface area contributed by atoms with Crippen LogP contribution in [0.3, 0.4) is 0 Å². The Morgan fingerprint density at radius 2 is 1.87 bits per heavy atom. The first-order valence-electron chi connectivity index (χ1n) is 9.98. The average Bonchev–Trinajstić information content (AvgIpc) is 2.99. The molecule has 0 unspecified atom stereocenters. The van der Waals surface area contributed by atoms with Crippen LogP contribution < -0.4 is 4.90 Å². The molecule has 0 spiro atoms. The number of halogens is 1. The number of rotatable bonds is 7. The molecule has 0 aliphatic carbocycles. The summed E-state index contributed by atoms with van der Waals surface area (Å²) in [4.78, 5) is 20.8. The number of aromatic nitrogens is 1. The van der Waals surface area contributed by atoms with E-state index < -0.39 is 9.84 Å². The van der Waals surface area contributed by atoms with Gasteiger partial charge < -0.3 is 14.5 Å². The number of hydrogen-bond donors (Lipinski definition) is 0. The summed E-state index contributed by atoms with van der Waals surface area (Å²) in [5, 5.41) is 0.519. The van der Waals surface area contributed by atoms with Crippen molar-refractivity contribution >= 4 is 33.2 Å². The van der Waals surface area contributed by atoms with E-state index in [-0.39, 0.29) is 11.7 Å². The number of ether oxygens (including phenoxy) is 1. The van der Waals surface area contributed by atoms with Gasteiger partial charge in [0.05, 0.1) is 22.8 Å². The number of nitrogens with zero attached hydrogens (tertiary/aromatic N) is 3. The average molecular weight is 452 g/mol. The Labute approximate surface area is 182 Å². The number of hydrogen-bond acceptors (Lipinski definition) is 7. The van der Waals surface area contributed by atoms with Crippen LogP contribution in [0.5, 0.6) is 0 Å². The van der Waals surface area contributed by atoms with Crippen LogP contribution in [0.4, 0.5) is 5.82 Å². The Morgan fingerprint density at radius 1 is 1.10 bits per heavy atom. The van der Waals surface area contributed by atoms with Gasteiger partial charge >= 0.3 is 5.97 Å². The minimum atomic E-state index is -3.34. The molecule has 9 heteroatoms. The molecular formula is C21H26ClN3O4S. The molecule has 1 aromatic heterocycles. The lowest BCUT2D eigenvalue weighted by atomic mass is 10.2. The number of esters is 1. The molecule has 1 aromatic carbocycles. The fraction of sp³-hybridized carbons (Fsp3) is 0.429. The molecule has 1 aliphatic heterocycles. The minimum Gasteiger partial charge on any atom is -0.462 e. The molecule has 0 saturated carbocycles. The van der Waals surface area contributed by atoms with Gasteiger partial charge in [0.1, 0.15) is 5.82 Å². The predicted octanol–water partition coefficient (Wildman–Crippen LogP) is 2.90. The lowest BCUT2D eigenvalue weighted by Crippen LogP contribution is -2.34. The van der Waals surface area contributed by atoms with Crippen LogP contribution in [0, 0.1) is 0 Å². The maximum atomic E-state index is 12.6. The summed E-state index contributed by atoms with van der Waals surface area (Å²) in [6.07, 6.45) is 2.44. The number of carbonyl (C=O) groups is 1. The van der Waals surface area contributed by atoms with E-state index in [1.54, 1.807) is 37.3 Å². The van der Waals surface area contributed by atoms with Gasteiger partial charge in [0.25, 0.3) is 0 Å². The van der Waals surface area contributed by atoms with Crippen LogP contribution in [0.25, 0.3) is 0 Å². The summed E-state index contributed by atoms with van der Waals surface area (Å²) in [7, 11) is -3.34. The van der Waals surface area contributed by atoms with E-state index in [1.807, 2.05) is 6.07 Å². The molecule has 0 bridgehead atoms. The highest BCUT2D eigenvalue weighted by atomic mass is 35.5. The van der Waals surface area contributed by atoms with Crippen LogP contribution in [-0.2, 0) is 14.6 Å². The molecule has 1 aliphatic rings. The maximum Gasteiger partial charge on any atom is 0.339 e. The first-order valence-corrected chi connectivity index (χ1v) is 12.0. The fourth-order valence-electron chi connectivity index (χ4n) is 3.34. The Balaban J connectivity index is 1.54. The van der Waals surface area contributed by atoms with Gasteiger partial charge in [0.15, 0.2) is 9.84 Å². The van der Waals surface area contributed by atoms with Crippen LogP contribution >= 0.6 is 11.6 Å². The third-order valence-corrected chi connectivity index (χ3v) is 6.98. The molecule has 0 atom stereocenters. The first kappa shape index (κ1) is 22.5. The van der Waals surface area contributed by atoms with Gasteiger partial charge in [-0.15, -0.1) is 0 Å². The van der Waals surface area contributed by atoms with Gasteiger partial charge in [0.2, 0.25) is 0 Å². The van der Waals surface area contributed by atoms with E-state index in [4.69, 9.17) is 16.3 Å².